The van der Waals surface area contributed by atoms with Crippen LogP contribution in [-0.2, 0) is 17.8 Å². The highest BCUT2D eigenvalue weighted by Crippen LogP contribution is 2.20. The largest absolute Gasteiger partial charge is 0.494 e. The molecule has 5 heteroatoms. The zero-order valence-electron chi connectivity index (χ0n) is 15.4. The molecule has 0 atom stereocenters. The van der Waals surface area contributed by atoms with Crippen molar-refractivity contribution < 1.29 is 9.53 Å². The Labute approximate surface area is 155 Å². The van der Waals surface area contributed by atoms with E-state index in [0.29, 0.717) is 13.0 Å². The fraction of sp³-hybridized carbons (Fsp3) is 0.429. The van der Waals surface area contributed by atoms with Gasteiger partial charge in [0.2, 0.25) is 5.91 Å². The van der Waals surface area contributed by atoms with Crippen LogP contribution in [0.1, 0.15) is 24.5 Å². The minimum atomic E-state index is 0.236. The van der Waals surface area contributed by atoms with Gasteiger partial charge in [0.15, 0.2) is 0 Å². The van der Waals surface area contributed by atoms with Gasteiger partial charge in [-0.15, -0.1) is 0 Å². The van der Waals surface area contributed by atoms with Gasteiger partial charge in [-0.05, 0) is 42.7 Å². The quantitative estimate of drug-likeness (QED) is 0.768. The summed E-state index contributed by atoms with van der Waals surface area (Å²) in [6.45, 7) is 6.99. The molecule has 5 nitrogen and oxygen atoms in total. The van der Waals surface area contributed by atoms with Gasteiger partial charge >= 0.3 is 0 Å². The van der Waals surface area contributed by atoms with Crippen LogP contribution in [0.2, 0.25) is 0 Å². The fourth-order valence-electron chi connectivity index (χ4n) is 3.31. The van der Waals surface area contributed by atoms with Crippen LogP contribution in [0, 0.1) is 0 Å². The lowest BCUT2D eigenvalue weighted by atomic mass is 10.1. The molecule has 1 saturated heterocycles. The number of carbonyl (C=O) groups is 1. The highest BCUT2D eigenvalue weighted by molar-refractivity contribution is 5.76. The van der Waals surface area contributed by atoms with Crippen LogP contribution in [0.5, 0.6) is 5.75 Å². The molecule has 3 rings (SSSR count). The second kappa shape index (κ2) is 9.34. The van der Waals surface area contributed by atoms with Gasteiger partial charge in [-0.2, -0.15) is 0 Å². The number of pyridine rings is 1. The Morgan fingerprint density at radius 2 is 1.81 bits per heavy atom. The highest BCUT2D eigenvalue weighted by Gasteiger charge is 2.21. The SMILES string of the molecule is CCOc1ccccc1CCC(=O)N1CCN(Cc2ccncc2)CC1. The molecule has 0 spiro atoms. The molecule has 26 heavy (non-hydrogen) atoms. The van der Waals surface area contributed by atoms with E-state index in [0.717, 1.165) is 50.5 Å². The lowest BCUT2D eigenvalue weighted by molar-refractivity contribution is -0.133. The van der Waals surface area contributed by atoms with Crippen molar-refractivity contribution in [1.82, 2.24) is 14.8 Å². The summed E-state index contributed by atoms with van der Waals surface area (Å²) in [5, 5.41) is 0. The summed E-state index contributed by atoms with van der Waals surface area (Å²) in [6, 6.07) is 12.1. The molecule has 1 aliphatic rings. The third-order valence-corrected chi connectivity index (χ3v) is 4.76. The molecule has 0 radical (unpaired) electrons. The van der Waals surface area contributed by atoms with Crippen LogP contribution >= 0.6 is 0 Å². The predicted molar refractivity (Wildman–Crippen MR) is 102 cm³/mol. The molecule has 2 aromatic rings. The van der Waals surface area contributed by atoms with Crippen molar-refractivity contribution in [3.63, 3.8) is 0 Å². The van der Waals surface area contributed by atoms with Crippen LogP contribution in [-0.4, -0.2) is 53.5 Å². The summed E-state index contributed by atoms with van der Waals surface area (Å²) >= 11 is 0. The average Bonchev–Trinajstić information content (AvgIpc) is 2.69. The van der Waals surface area contributed by atoms with E-state index < -0.39 is 0 Å². The van der Waals surface area contributed by atoms with Crippen molar-refractivity contribution in [2.24, 2.45) is 0 Å². The van der Waals surface area contributed by atoms with Gasteiger partial charge in [-0.25, -0.2) is 0 Å². The van der Waals surface area contributed by atoms with Crippen LogP contribution in [0.4, 0.5) is 0 Å². The number of rotatable bonds is 7. The normalized spacial score (nSPS) is 15.0. The van der Waals surface area contributed by atoms with E-state index in [2.05, 4.69) is 9.88 Å². The minimum Gasteiger partial charge on any atom is -0.494 e. The number of benzene rings is 1. The first-order valence-electron chi connectivity index (χ1n) is 9.36. The lowest BCUT2D eigenvalue weighted by Crippen LogP contribution is -2.48. The number of nitrogens with zero attached hydrogens (tertiary/aromatic N) is 3. The number of hydrogen-bond donors (Lipinski definition) is 0. The van der Waals surface area contributed by atoms with Crippen molar-refractivity contribution in [1.29, 1.82) is 0 Å². The Hall–Kier alpha value is -2.40. The van der Waals surface area contributed by atoms with E-state index >= 15 is 0 Å². The molecule has 0 N–H and O–H groups in total. The molecular weight excluding hydrogens is 326 g/mol. The molecule has 1 amide bonds. The molecule has 2 heterocycles. The molecule has 1 aliphatic heterocycles. The maximum atomic E-state index is 12.6. The summed E-state index contributed by atoms with van der Waals surface area (Å²) in [5.41, 5.74) is 2.38. The number of piperazine rings is 1. The number of aryl methyl sites for hydroxylation is 1. The summed E-state index contributed by atoms with van der Waals surface area (Å²) in [7, 11) is 0. The first-order chi connectivity index (χ1) is 12.8. The van der Waals surface area contributed by atoms with E-state index in [9.17, 15) is 4.79 Å². The van der Waals surface area contributed by atoms with Gasteiger partial charge in [0.25, 0.3) is 0 Å². The first kappa shape index (κ1) is 18.4. The molecule has 0 aliphatic carbocycles. The smallest absolute Gasteiger partial charge is 0.222 e. The Kier molecular flexibility index (Phi) is 6.61. The highest BCUT2D eigenvalue weighted by atomic mass is 16.5. The van der Waals surface area contributed by atoms with Crippen LogP contribution < -0.4 is 4.74 Å². The van der Waals surface area contributed by atoms with Crippen LogP contribution in [0.25, 0.3) is 0 Å². The van der Waals surface area contributed by atoms with E-state index in [4.69, 9.17) is 4.74 Å². The zero-order valence-corrected chi connectivity index (χ0v) is 15.4. The van der Waals surface area contributed by atoms with Crippen molar-refractivity contribution in [2.45, 2.75) is 26.3 Å². The lowest BCUT2D eigenvalue weighted by Gasteiger charge is -2.34. The van der Waals surface area contributed by atoms with Crippen LogP contribution in [0.15, 0.2) is 48.8 Å². The average molecular weight is 353 g/mol. The van der Waals surface area contributed by atoms with Gasteiger partial charge in [0.1, 0.15) is 5.75 Å². The van der Waals surface area contributed by atoms with E-state index in [1.807, 2.05) is 60.6 Å². The number of amides is 1. The van der Waals surface area contributed by atoms with E-state index in [1.165, 1.54) is 5.56 Å². The van der Waals surface area contributed by atoms with Gasteiger partial charge in [0, 0.05) is 51.5 Å². The molecule has 0 unspecified atom stereocenters. The van der Waals surface area contributed by atoms with Gasteiger partial charge in [-0.3, -0.25) is 14.7 Å². The minimum absolute atomic E-state index is 0.236. The Balaban J connectivity index is 1.45. The van der Waals surface area contributed by atoms with Gasteiger partial charge in [-0.1, -0.05) is 18.2 Å². The molecule has 0 bridgehead atoms. The van der Waals surface area contributed by atoms with Crippen molar-refractivity contribution in [2.75, 3.05) is 32.8 Å². The summed E-state index contributed by atoms with van der Waals surface area (Å²) in [5.74, 6) is 1.13. The fourth-order valence-corrected chi connectivity index (χ4v) is 3.31. The second-order valence-electron chi connectivity index (χ2n) is 6.55. The number of carbonyl (C=O) groups excluding carboxylic acids is 1. The standard InChI is InChI=1S/C21H27N3O2/c1-2-26-20-6-4-3-5-19(20)7-8-21(25)24-15-13-23(14-16-24)17-18-9-11-22-12-10-18/h3-6,9-12H,2,7-8,13-17H2,1H3. The number of aromatic nitrogens is 1. The molecule has 1 fully saturated rings. The Morgan fingerprint density at radius 1 is 1.08 bits per heavy atom. The maximum absolute atomic E-state index is 12.6. The van der Waals surface area contributed by atoms with E-state index in [-0.39, 0.29) is 5.91 Å². The zero-order chi connectivity index (χ0) is 18.2. The van der Waals surface area contributed by atoms with Crippen LogP contribution in [0.3, 0.4) is 0 Å². The number of hydrogen-bond acceptors (Lipinski definition) is 4. The molecule has 1 aromatic carbocycles. The summed E-state index contributed by atoms with van der Waals surface area (Å²) < 4.78 is 5.65. The monoisotopic (exact) mass is 353 g/mol. The first-order valence-corrected chi connectivity index (χ1v) is 9.36. The van der Waals surface area contributed by atoms with Crippen molar-refractivity contribution >= 4 is 5.91 Å². The van der Waals surface area contributed by atoms with E-state index in [1.54, 1.807) is 0 Å². The molecule has 1 aromatic heterocycles. The van der Waals surface area contributed by atoms with Crippen molar-refractivity contribution in [3.8, 4) is 5.75 Å². The summed E-state index contributed by atoms with van der Waals surface area (Å²) in [6.07, 6.45) is 4.92. The molecule has 0 saturated carbocycles. The second-order valence-corrected chi connectivity index (χ2v) is 6.55. The topological polar surface area (TPSA) is 45.7 Å². The summed E-state index contributed by atoms with van der Waals surface area (Å²) in [4.78, 5) is 21.0. The molecule has 138 valence electrons. The number of ether oxygens (including phenoxy) is 1. The van der Waals surface area contributed by atoms with Gasteiger partial charge < -0.3 is 9.64 Å². The van der Waals surface area contributed by atoms with Crippen molar-refractivity contribution in [3.05, 3.63) is 59.9 Å². The predicted octanol–water partition coefficient (Wildman–Crippen LogP) is 2.76. The number of para-hydroxylation sites is 1. The third-order valence-electron chi connectivity index (χ3n) is 4.76. The van der Waals surface area contributed by atoms with Gasteiger partial charge in [0.05, 0.1) is 6.61 Å². The molecular formula is C21H27N3O2. The Bertz CT molecular complexity index is 697. The maximum Gasteiger partial charge on any atom is 0.222 e. The Morgan fingerprint density at radius 3 is 2.54 bits per heavy atom. The third kappa shape index (κ3) is 5.05.